The third kappa shape index (κ3) is 6.45. The normalized spacial score (nSPS) is 16.3. The first-order chi connectivity index (χ1) is 20.5. The van der Waals surface area contributed by atoms with Crippen molar-refractivity contribution in [3.8, 4) is 5.75 Å². The fourth-order valence-corrected chi connectivity index (χ4v) is 5.36. The second-order valence-corrected chi connectivity index (χ2v) is 10.8. The van der Waals surface area contributed by atoms with Crippen molar-refractivity contribution in [1.29, 1.82) is 0 Å². The molecule has 15 heteroatoms. The number of ether oxygens (including phenoxy) is 1. The number of nitrogens with one attached hydrogen (secondary N) is 2. The minimum atomic E-state index is -4.52. The maximum atomic E-state index is 13.9. The molecule has 1 atom stereocenters. The average molecular weight is 617 g/mol. The highest BCUT2D eigenvalue weighted by Crippen LogP contribution is 2.37. The van der Waals surface area contributed by atoms with E-state index >= 15 is 0 Å². The van der Waals surface area contributed by atoms with E-state index in [-0.39, 0.29) is 33.8 Å². The number of nitrogens with zero attached hydrogens (tertiary/aromatic N) is 7. The van der Waals surface area contributed by atoms with E-state index < -0.39 is 11.7 Å². The van der Waals surface area contributed by atoms with Crippen molar-refractivity contribution in [2.45, 2.75) is 25.2 Å². The summed E-state index contributed by atoms with van der Waals surface area (Å²) >= 11 is 6.73. The number of fused-ring (bicyclic) bond motifs is 1. The smallest absolute Gasteiger partial charge is 0.416 e. The maximum Gasteiger partial charge on any atom is 0.416 e. The average Bonchev–Trinajstić information content (AvgIpc) is 3.57. The Bertz CT molecular complexity index is 1660. The topological polar surface area (TPSA) is 122 Å². The first-order valence-corrected chi connectivity index (χ1v) is 13.8. The molecular weight excluding hydrogens is 585 g/mol. The van der Waals surface area contributed by atoms with Crippen LogP contribution in [0.1, 0.15) is 23.2 Å². The zero-order valence-electron chi connectivity index (χ0n) is 24.1. The third-order valence-corrected chi connectivity index (χ3v) is 7.67. The largest absolute Gasteiger partial charge is 0.450 e. The van der Waals surface area contributed by atoms with Crippen LogP contribution in [0.2, 0.25) is 5.02 Å². The number of nitrogens with two attached hydrogens (primary N) is 1. The van der Waals surface area contributed by atoms with E-state index in [0.717, 1.165) is 25.6 Å². The highest BCUT2D eigenvalue weighted by Gasteiger charge is 2.32. The van der Waals surface area contributed by atoms with Crippen molar-refractivity contribution in [2.75, 3.05) is 44.9 Å². The number of likely N-dealkylation sites (tertiary alicyclic amines) is 1. The number of pyridine rings is 1. The minimum absolute atomic E-state index is 0.177. The van der Waals surface area contributed by atoms with Crippen LogP contribution in [0.4, 0.5) is 30.6 Å². The summed E-state index contributed by atoms with van der Waals surface area (Å²) in [6.07, 6.45) is 2.09. The minimum Gasteiger partial charge on any atom is -0.450 e. The van der Waals surface area contributed by atoms with Crippen LogP contribution in [-0.4, -0.2) is 74.6 Å². The van der Waals surface area contributed by atoms with Crippen LogP contribution < -0.4 is 21.1 Å². The highest BCUT2D eigenvalue weighted by atomic mass is 35.5. The summed E-state index contributed by atoms with van der Waals surface area (Å²) in [5, 5.41) is 6.13. The molecule has 4 N–H and O–H groups in total. The number of imidazole rings is 1. The van der Waals surface area contributed by atoms with Crippen LogP contribution in [0.5, 0.6) is 5.75 Å². The van der Waals surface area contributed by atoms with Crippen LogP contribution >= 0.6 is 11.6 Å². The number of aryl methyl sites for hydroxylation is 1. The number of alkyl halides is 3. The van der Waals surface area contributed by atoms with Crippen molar-refractivity contribution in [3.05, 3.63) is 64.8 Å². The molecule has 0 aliphatic carbocycles. The molecule has 0 radical (unpaired) electrons. The monoisotopic (exact) mass is 616 g/mol. The van der Waals surface area contributed by atoms with Crippen LogP contribution in [0.3, 0.4) is 0 Å². The van der Waals surface area contributed by atoms with Gasteiger partial charge in [-0.1, -0.05) is 11.6 Å². The Hall–Kier alpha value is -4.14. The molecule has 1 aromatic carbocycles. The van der Waals surface area contributed by atoms with E-state index in [9.17, 15) is 13.2 Å². The van der Waals surface area contributed by atoms with Gasteiger partial charge in [0, 0.05) is 64.1 Å². The number of anilines is 3. The summed E-state index contributed by atoms with van der Waals surface area (Å²) < 4.78 is 49.2. The van der Waals surface area contributed by atoms with E-state index in [1.54, 1.807) is 24.7 Å². The summed E-state index contributed by atoms with van der Waals surface area (Å²) in [5.41, 5.74) is 6.92. The quantitative estimate of drug-likeness (QED) is 0.228. The fraction of sp³-hybridized carbons (Fsp3) is 0.357. The zero-order valence-corrected chi connectivity index (χ0v) is 24.8. The maximum absolute atomic E-state index is 13.9. The van der Waals surface area contributed by atoms with E-state index in [1.807, 2.05) is 14.1 Å². The van der Waals surface area contributed by atoms with Gasteiger partial charge in [-0.15, -0.1) is 0 Å². The van der Waals surface area contributed by atoms with Crippen molar-refractivity contribution in [3.63, 3.8) is 0 Å². The molecule has 1 fully saturated rings. The Morgan fingerprint density at radius 1 is 1.21 bits per heavy atom. The number of hydrogen-bond donors (Lipinski definition) is 3. The molecule has 1 aliphatic heterocycles. The van der Waals surface area contributed by atoms with Gasteiger partial charge in [0.25, 0.3) is 0 Å². The lowest BCUT2D eigenvalue weighted by Crippen LogP contribution is -2.31. The Morgan fingerprint density at radius 2 is 1.98 bits per heavy atom. The highest BCUT2D eigenvalue weighted by molar-refractivity contribution is 6.36. The van der Waals surface area contributed by atoms with Crippen molar-refractivity contribution < 1.29 is 17.9 Å². The van der Waals surface area contributed by atoms with Gasteiger partial charge >= 0.3 is 6.18 Å². The molecule has 0 unspecified atom stereocenters. The Kier molecular flexibility index (Phi) is 8.62. The fourth-order valence-electron chi connectivity index (χ4n) is 5.06. The predicted octanol–water partition coefficient (Wildman–Crippen LogP) is 4.69. The number of rotatable bonds is 9. The summed E-state index contributed by atoms with van der Waals surface area (Å²) in [6.45, 7) is 2.01. The Labute approximate surface area is 251 Å². The summed E-state index contributed by atoms with van der Waals surface area (Å²) in [7, 11) is 7.39. The molecule has 1 saturated heterocycles. The van der Waals surface area contributed by atoms with Gasteiger partial charge in [-0.3, -0.25) is 4.90 Å². The van der Waals surface area contributed by atoms with Gasteiger partial charge in [0.1, 0.15) is 16.2 Å². The number of aromatic nitrogens is 5. The van der Waals surface area contributed by atoms with Crippen molar-refractivity contribution >= 4 is 46.0 Å². The van der Waals surface area contributed by atoms with Gasteiger partial charge in [0.05, 0.1) is 11.8 Å². The molecule has 4 aromatic rings. The molecule has 11 nitrogen and oxygen atoms in total. The van der Waals surface area contributed by atoms with Crippen LogP contribution in [0.15, 0.2) is 43.0 Å². The van der Waals surface area contributed by atoms with Crippen LogP contribution in [0, 0.1) is 0 Å². The summed E-state index contributed by atoms with van der Waals surface area (Å²) in [6, 6.07) is 4.35. The first kappa shape index (κ1) is 30.3. The van der Waals surface area contributed by atoms with Crippen LogP contribution in [-0.2, 0) is 19.8 Å². The number of hydrogen-bond acceptors (Lipinski definition) is 10. The van der Waals surface area contributed by atoms with Gasteiger partial charge in [-0.05, 0) is 44.3 Å². The van der Waals surface area contributed by atoms with E-state index in [1.165, 1.54) is 30.9 Å². The molecule has 0 saturated carbocycles. The van der Waals surface area contributed by atoms with Gasteiger partial charge in [0.2, 0.25) is 5.95 Å². The molecule has 228 valence electrons. The standard InChI is InChI=1S/C28H32ClF3N10O/c1-34-25-23(35-6-7-36-25)20(12-33)43-21-13-37-26-24(22(21)29)41(4)27(39-26)38-18-10-16(9-17(11-18)28(30,31)32)14-42-8-5-19(15-42)40(2)3/h6-7,9-13,19H,5,8,14-15,33H2,1-4H3,(H,34,36)(H,37,38,39)/t19-/m1/s1. The van der Waals surface area contributed by atoms with Gasteiger partial charge in [-0.25, -0.2) is 15.0 Å². The van der Waals surface area contributed by atoms with E-state index in [2.05, 4.69) is 40.4 Å². The lowest BCUT2D eigenvalue weighted by molar-refractivity contribution is -0.137. The third-order valence-electron chi connectivity index (χ3n) is 7.31. The lowest BCUT2D eigenvalue weighted by Gasteiger charge is -2.21. The molecule has 0 amide bonds. The zero-order chi connectivity index (χ0) is 30.9. The van der Waals surface area contributed by atoms with Crippen molar-refractivity contribution in [1.82, 2.24) is 34.3 Å². The number of halogens is 4. The number of likely N-dealkylation sites (N-methyl/N-ethyl adjacent to an activating group) is 1. The molecule has 5 rings (SSSR count). The summed E-state index contributed by atoms with van der Waals surface area (Å²) in [4.78, 5) is 21.6. The van der Waals surface area contributed by atoms with Gasteiger partial charge in [-0.2, -0.15) is 18.2 Å². The Balaban J connectivity index is 1.44. The van der Waals surface area contributed by atoms with E-state index in [4.69, 9.17) is 22.1 Å². The van der Waals surface area contributed by atoms with Crippen LogP contribution in [0.25, 0.3) is 16.9 Å². The Morgan fingerprint density at radius 3 is 2.65 bits per heavy atom. The van der Waals surface area contributed by atoms with E-state index in [0.29, 0.717) is 35.2 Å². The summed E-state index contributed by atoms with van der Waals surface area (Å²) in [5.74, 6) is 1.06. The van der Waals surface area contributed by atoms with Gasteiger partial charge in [0.15, 0.2) is 23.0 Å². The number of benzene rings is 1. The van der Waals surface area contributed by atoms with Crippen molar-refractivity contribution in [2.24, 2.45) is 12.8 Å². The molecule has 3 aromatic heterocycles. The molecule has 4 heterocycles. The SMILES string of the molecule is CNc1nccnc1C(=CN)Oc1cnc2nc(Nc3cc(CN4CC[C@@H](N(C)C)C4)cc(C(F)(F)F)c3)n(C)c2c1Cl. The van der Waals surface area contributed by atoms with Gasteiger partial charge < -0.3 is 30.6 Å². The second-order valence-electron chi connectivity index (χ2n) is 10.4. The molecule has 1 aliphatic rings. The second kappa shape index (κ2) is 12.2. The first-order valence-electron chi connectivity index (χ1n) is 13.4. The molecular formula is C28H32ClF3N10O. The molecule has 0 spiro atoms. The lowest BCUT2D eigenvalue weighted by atomic mass is 10.1. The molecule has 0 bridgehead atoms. The predicted molar refractivity (Wildman–Crippen MR) is 160 cm³/mol. The molecule has 43 heavy (non-hydrogen) atoms.